The molecule has 0 aliphatic carbocycles. The lowest BCUT2D eigenvalue weighted by Gasteiger charge is -1.86. The highest BCUT2D eigenvalue weighted by Gasteiger charge is 1.91. The van der Waals surface area contributed by atoms with Crippen molar-refractivity contribution in [2.24, 2.45) is 5.73 Å². The van der Waals surface area contributed by atoms with Crippen LogP contribution in [0.3, 0.4) is 0 Å². The Labute approximate surface area is 55.3 Å². The second kappa shape index (κ2) is 2.68. The Morgan fingerprint density at radius 1 is 1.78 bits per heavy atom. The summed E-state index contributed by atoms with van der Waals surface area (Å²) in [6.45, 7) is 0.622. The van der Waals surface area contributed by atoms with Crippen LogP contribution in [0.1, 0.15) is 5.69 Å². The normalized spacial score (nSPS) is 9.89. The van der Waals surface area contributed by atoms with Crippen LogP contribution in [0.25, 0.3) is 0 Å². The maximum absolute atomic E-state index is 5.32. The number of rotatable bonds is 2. The molecule has 0 bridgehead atoms. The number of nitrogens with zero attached hydrogens (tertiary/aromatic N) is 2. The minimum atomic E-state index is 0.622. The summed E-state index contributed by atoms with van der Waals surface area (Å²) in [6.07, 6.45) is 4.11. The van der Waals surface area contributed by atoms with E-state index in [4.69, 9.17) is 13.7 Å². The average molecular weight is 121 g/mol. The number of hydrogen-bond acceptors (Lipinski definition) is 2. The van der Waals surface area contributed by atoms with Gasteiger partial charge in [0.15, 0.2) is 0 Å². The van der Waals surface area contributed by atoms with Crippen LogP contribution in [-0.2, 0) is 6.42 Å². The number of aromatic nitrogens is 2. The van der Waals surface area contributed by atoms with Crippen molar-refractivity contribution in [3.05, 3.63) is 18.2 Å². The van der Waals surface area contributed by atoms with Gasteiger partial charge in [0.1, 0.15) is 0 Å². The quantitative estimate of drug-likeness (QED) is 0.526. The molecule has 9 heavy (non-hydrogen) atoms. The molecule has 46 valence electrons. The highest BCUT2D eigenvalue weighted by molar-refractivity contribution is 6.06. The van der Waals surface area contributed by atoms with Gasteiger partial charge in [-0.3, -0.25) is 0 Å². The molecule has 0 aliphatic rings. The van der Waals surface area contributed by atoms with Crippen molar-refractivity contribution in [2.45, 2.75) is 6.42 Å². The van der Waals surface area contributed by atoms with Crippen molar-refractivity contribution < 1.29 is 0 Å². The van der Waals surface area contributed by atoms with Crippen molar-refractivity contribution in [3.8, 4) is 0 Å². The zero-order valence-electron chi connectivity index (χ0n) is 5.12. The smallest absolute Gasteiger partial charge is 0.235 e. The van der Waals surface area contributed by atoms with Crippen molar-refractivity contribution in [2.75, 3.05) is 6.54 Å². The molecule has 0 spiro atoms. The van der Waals surface area contributed by atoms with E-state index in [-0.39, 0.29) is 0 Å². The molecular weight excluding hydrogens is 113 g/mol. The fourth-order valence-corrected chi connectivity index (χ4v) is 0.657. The Kier molecular flexibility index (Phi) is 1.90. The summed E-state index contributed by atoms with van der Waals surface area (Å²) < 4.78 is 1.42. The van der Waals surface area contributed by atoms with Gasteiger partial charge in [-0.25, -0.2) is 4.98 Å². The van der Waals surface area contributed by atoms with Crippen LogP contribution in [-0.4, -0.2) is 24.0 Å². The van der Waals surface area contributed by atoms with Crippen molar-refractivity contribution >= 4 is 7.98 Å². The van der Waals surface area contributed by atoms with Gasteiger partial charge in [-0.05, 0) is 6.54 Å². The van der Waals surface area contributed by atoms with Crippen LogP contribution in [0.5, 0.6) is 0 Å². The summed E-state index contributed by atoms with van der Waals surface area (Å²) in [5.74, 6) is 0. The molecule has 0 aromatic carbocycles. The fraction of sp³-hybridized carbons (Fsp3) is 0.400. The Morgan fingerprint density at radius 3 is 3.00 bits per heavy atom. The van der Waals surface area contributed by atoms with E-state index in [1.54, 1.807) is 12.5 Å². The van der Waals surface area contributed by atoms with Crippen molar-refractivity contribution in [1.82, 2.24) is 9.46 Å². The van der Waals surface area contributed by atoms with E-state index in [1.807, 2.05) is 0 Å². The SMILES string of the molecule is [B]n1cnc(CCN)c1. The van der Waals surface area contributed by atoms with Gasteiger partial charge in [0, 0.05) is 12.6 Å². The molecule has 0 aliphatic heterocycles. The molecule has 0 unspecified atom stereocenters. The lowest BCUT2D eigenvalue weighted by Crippen LogP contribution is -2.02. The molecule has 0 amide bonds. The van der Waals surface area contributed by atoms with Gasteiger partial charge in [0.25, 0.3) is 0 Å². The molecule has 0 saturated carbocycles. The highest BCUT2D eigenvalue weighted by Crippen LogP contribution is 1.91. The largest absolute Gasteiger partial charge is 0.393 e. The summed E-state index contributed by atoms with van der Waals surface area (Å²) in [6, 6.07) is 0. The van der Waals surface area contributed by atoms with Crippen LogP contribution < -0.4 is 5.73 Å². The molecule has 4 heteroatoms. The fourth-order valence-electron chi connectivity index (χ4n) is 0.657. The van der Waals surface area contributed by atoms with Crippen LogP contribution in [0.2, 0.25) is 0 Å². The molecule has 2 N–H and O–H groups in total. The Hall–Kier alpha value is -0.765. The molecule has 3 nitrogen and oxygen atoms in total. The Morgan fingerprint density at radius 2 is 2.56 bits per heavy atom. The number of imidazole rings is 1. The summed E-state index contributed by atoms with van der Waals surface area (Å²) in [5, 5.41) is 0. The predicted octanol–water partition coefficient (Wildman–Crippen LogP) is -0.684. The van der Waals surface area contributed by atoms with Crippen LogP contribution >= 0.6 is 0 Å². The summed E-state index contributed by atoms with van der Waals surface area (Å²) >= 11 is 0. The molecule has 2 radical (unpaired) electrons. The molecule has 1 aromatic rings. The van der Waals surface area contributed by atoms with E-state index in [1.165, 1.54) is 4.48 Å². The zero-order chi connectivity index (χ0) is 6.69. The Balaban J connectivity index is 2.61. The molecule has 0 saturated heterocycles. The summed E-state index contributed by atoms with van der Waals surface area (Å²) in [5.41, 5.74) is 6.22. The van der Waals surface area contributed by atoms with E-state index in [0.29, 0.717) is 6.54 Å². The first-order valence-corrected chi connectivity index (χ1v) is 2.81. The van der Waals surface area contributed by atoms with Gasteiger partial charge in [-0.15, -0.1) is 0 Å². The van der Waals surface area contributed by atoms with Crippen LogP contribution in [0.15, 0.2) is 12.5 Å². The average Bonchev–Trinajstić information content (AvgIpc) is 2.17. The third-order valence-electron chi connectivity index (χ3n) is 1.06. The molecule has 1 heterocycles. The van der Waals surface area contributed by atoms with Crippen molar-refractivity contribution in [1.29, 1.82) is 0 Å². The van der Waals surface area contributed by atoms with E-state index >= 15 is 0 Å². The first kappa shape index (κ1) is 6.36. The molecule has 0 fully saturated rings. The second-order valence-electron chi connectivity index (χ2n) is 1.85. The van der Waals surface area contributed by atoms with Gasteiger partial charge < -0.3 is 10.2 Å². The standard InChI is InChI=1S/C5H8BN3/c6-9-3-5(1-2-7)8-4-9/h3-4H,1-2,7H2. The first-order valence-electron chi connectivity index (χ1n) is 2.81. The predicted molar refractivity (Wildman–Crippen MR) is 36.1 cm³/mol. The number of nitrogens with two attached hydrogens (primary N) is 1. The number of hydrogen-bond donors (Lipinski definition) is 1. The minimum absolute atomic E-state index is 0.622. The maximum atomic E-state index is 5.32. The van der Waals surface area contributed by atoms with E-state index < -0.39 is 0 Å². The zero-order valence-corrected chi connectivity index (χ0v) is 5.12. The topological polar surface area (TPSA) is 43.8 Å². The monoisotopic (exact) mass is 121 g/mol. The highest BCUT2D eigenvalue weighted by atomic mass is 15.0. The lowest BCUT2D eigenvalue weighted by molar-refractivity contribution is 0.935. The molecule has 1 aromatic heterocycles. The van der Waals surface area contributed by atoms with Crippen LogP contribution in [0, 0.1) is 0 Å². The van der Waals surface area contributed by atoms with Crippen LogP contribution in [0.4, 0.5) is 0 Å². The van der Waals surface area contributed by atoms with E-state index in [9.17, 15) is 0 Å². The van der Waals surface area contributed by atoms with Gasteiger partial charge in [-0.1, -0.05) is 0 Å². The van der Waals surface area contributed by atoms with E-state index in [0.717, 1.165) is 12.1 Å². The summed E-state index contributed by atoms with van der Waals surface area (Å²) in [4.78, 5) is 3.96. The Bertz CT molecular complexity index is 184. The van der Waals surface area contributed by atoms with E-state index in [2.05, 4.69) is 4.98 Å². The van der Waals surface area contributed by atoms with Crippen molar-refractivity contribution in [3.63, 3.8) is 0 Å². The molecule has 0 atom stereocenters. The lowest BCUT2D eigenvalue weighted by atomic mass is 10.3. The second-order valence-corrected chi connectivity index (χ2v) is 1.85. The maximum Gasteiger partial charge on any atom is 0.235 e. The molecule has 1 rings (SSSR count). The van der Waals surface area contributed by atoms with Gasteiger partial charge in [0.2, 0.25) is 7.98 Å². The molecular formula is C5H8BN3. The third kappa shape index (κ3) is 1.57. The van der Waals surface area contributed by atoms with Gasteiger partial charge in [0.05, 0.1) is 12.0 Å². The third-order valence-corrected chi connectivity index (χ3v) is 1.06. The first-order chi connectivity index (χ1) is 4.33. The minimum Gasteiger partial charge on any atom is -0.393 e. The van der Waals surface area contributed by atoms with Gasteiger partial charge in [-0.2, -0.15) is 0 Å². The van der Waals surface area contributed by atoms with Gasteiger partial charge >= 0.3 is 0 Å². The summed E-state index contributed by atoms with van der Waals surface area (Å²) in [7, 11) is 5.32.